The molecule has 0 fully saturated rings. The zero-order valence-electron chi connectivity index (χ0n) is 13.7. The Morgan fingerprint density at radius 3 is 2.40 bits per heavy atom. The number of hydrogen-bond donors (Lipinski definition) is 1. The van der Waals surface area contributed by atoms with E-state index in [0.717, 1.165) is 10.0 Å². The lowest BCUT2D eigenvalue weighted by atomic mass is 10.2. The highest BCUT2D eigenvalue weighted by atomic mass is 79.9. The Kier molecular flexibility index (Phi) is 5.14. The Hall–Kier alpha value is -2.67. The zero-order valence-corrected chi connectivity index (χ0v) is 15.3. The molecule has 0 unspecified atom stereocenters. The van der Waals surface area contributed by atoms with Gasteiger partial charge in [0.05, 0.1) is 6.10 Å². The molecule has 0 bridgehead atoms. The van der Waals surface area contributed by atoms with Crippen molar-refractivity contribution in [3.05, 3.63) is 58.6 Å². The average Bonchev–Trinajstić information content (AvgIpc) is 3.04. The molecule has 0 aliphatic carbocycles. The number of ether oxygens (including phenoxy) is 1. The van der Waals surface area contributed by atoms with Gasteiger partial charge in [-0.25, -0.2) is 0 Å². The lowest BCUT2D eigenvalue weighted by Gasteiger charge is -2.09. The van der Waals surface area contributed by atoms with E-state index in [9.17, 15) is 4.79 Å². The number of benzene rings is 2. The van der Waals surface area contributed by atoms with Gasteiger partial charge in [-0.15, -0.1) is 5.10 Å². The van der Waals surface area contributed by atoms with Crippen LogP contribution in [0, 0.1) is 0 Å². The summed E-state index contributed by atoms with van der Waals surface area (Å²) in [6.45, 7) is 3.89. The minimum Gasteiger partial charge on any atom is -0.491 e. The van der Waals surface area contributed by atoms with Crippen molar-refractivity contribution in [2.75, 3.05) is 5.32 Å². The SMILES string of the molecule is CC(C)Oc1ccc(C(=O)Nc2nnc(-c3ccc(Br)cc3)o2)cc1. The van der Waals surface area contributed by atoms with Crippen molar-refractivity contribution < 1.29 is 13.9 Å². The fourth-order valence-corrected chi connectivity index (χ4v) is 2.37. The maximum absolute atomic E-state index is 12.3. The summed E-state index contributed by atoms with van der Waals surface area (Å²) in [7, 11) is 0. The van der Waals surface area contributed by atoms with E-state index in [1.54, 1.807) is 24.3 Å². The molecule has 0 saturated heterocycles. The van der Waals surface area contributed by atoms with Gasteiger partial charge in [-0.3, -0.25) is 10.1 Å². The zero-order chi connectivity index (χ0) is 17.8. The molecule has 0 radical (unpaired) electrons. The third-order valence-corrected chi connectivity index (χ3v) is 3.75. The first-order valence-corrected chi connectivity index (χ1v) is 8.48. The fraction of sp³-hybridized carbons (Fsp3) is 0.167. The van der Waals surface area contributed by atoms with E-state index in [1.807, 2.05) is 38.1 Å². The number of halogens is 1. The Morgan fingerprint density at radius 2 is 1.76 bits per heavy atom. The predicted molar refractivity (Wildman–Crippen MR) is 97.6 cm³/mol. The highest BCUT2D eigenvalue weighted by Gasteiger charge is 2.13. The number of nitrogens with zero attached hydrogens (tertiary/aromatic N) is 2. The van der Waals surface area contributed by atoms with Crippen molar-refractivity contribution >= 4 is 27.9 Å². The van der Waals surface area contributed by atoms with Gasteiger partial charge >= 0.3 is 6.01 Å². The second kappa shape index (κ2) is 7.48. The number of hydrogen-bond acceptors (Lipinski definition) is 5. The van der Waals surface area contributed by atoms with E-state index >= 15 is 0 Å². The first-order chi connectivity index (χ1) is 12.0. The number of amides is 1. The van der Waals surface area contributed by atoms with E-state index in [1.165, 1.54) is 0 Å². The summed E-state index contributed by atoms with van der Waals surface area (Å²) in [5, 5.41) is 10.4. The lowest BCUT2D eigenvalue weighted by Crippen LogP contribution is -2.12. The number of rotatable bonds is 5. The van der Waals surface area contributed by atoms with E-state index in [4.69, 9.17) is 9.15 Å². The molecule has 1 heterocycles. The first kappa shape index (κ1) is 17.2. The average molecular weight is 402 g/mol. The van der Waals surface area contributed by atoms with Crippen LogP contribution in [0.3, 0.4) is 0 Å². The molecule has 25 heavy (non-hydrogen) atoms. The van der Waals surface area contributed by atoms with Crippen LogP contribution >= 0.6 is 15.9 Å². The summed E-state index contributed by atoms with van der Waals surface area (Å²) in [6.07, 6.45) is 0.0788. The summed E-state index contributed by atoms with van der Waals surface area (Å²) in [5.74, 6) is 0.715. The summed E-state index contributed by atoms with van der Waals surface area (Å²) in [5.41, 5.74) is 1.24. The van der Waals surface area contributed by atoms with Gasteiger partial charge in [0, 0.05) is 15.6 Å². The van der Waals surface area contributed by atoms with Crippen molar-refractivity contribution in [2.24, 2.45) is 0 Å². The van der Waals surface area contributed by atoms with E-state index in [2.05, 4.69) is 31.4 Å². The van der Waals surface area contributed by atoms with Crippen molar-refractivity contribution in [3.8, 4) is 17.2 Å². The van der Waals surface area contributed by atoms with Crippen molar-refractivity contribution in [1.82, 2.24) is 10.2 Å². The standard InChI is InChI=1S/C18H16BrN3O3/c1-11(2)24-15-9-5-12(6-10-15)16(23)20-18-22-21-17(25-18)13-3-7-14(19)8-4-13/h3-11H,1-2H3,(H,20,22,23). The Labute approximate surface area is 153 Å². The van der Waals surface area contributed by atoms with Gasteiger partial charge in [0.1, 0.15) is 5.75 Å². The molecule has 3 aromatic rings. The van der Waals surface area contributed by atoms with E-state index in [0.29, 0.717) is 17.2 Å². The van der Waals surface area contributed by atoms with Crippen molar-refractivity contribution in [3.63, 3.8) is 0 Å². The van der Waals surface area contributed by atoms with Gasteiger partial charge in [0.15, 0.2) is 0 Å². The molecule has 1 amide bonds. The quantitative estimate of drug-likeness (QED) is 0.678. The largest absolute Gasteiger partial charge is 0.491 e. The predicted octanol–water partition coefficient (Wildman–Crippen LogP) is 4.54. The highest BCUT2D eigenvalue weighted by molar-refractivity contribution is 9.10. The highest BCUT2D eigenvalue weighted by Crippen LogP contribution is 2.22. The number of anilines is 1. The first-order valence-electron chi connectivity index (χ1n) is 7.69. The molecule has 1 N–H and O–H groups in total. The Morgan fingerprint density at radius 1 is 1.08 bits per heavy atom. The molecule has 128 valence electrons. The number of carbonyl (C=O) groups is 1. The van der Waals surface area contributed by atoms with Crippen LogP contribution in [0.5, 0.6) is 5.75 Å². The minimum absolute atomic E-state index is 0.0467. The number of nitrogens with one attached hydrogen (secondary N) is 1. The van der Waals surface area contributed by atoms with Gasteiger partial charge < -0.3 is 9.15 Å². The summed E-state index contributed by atoms with van der Waals surface area (Å²) < 4.78 is 12.0. The maximum atomic E-state index is 12.3. The van der Waals surface area contributed by atoms with Gasteiger partial charge in [0.2, 0.25) is 5.89 Å². The van der Waals surface area contributed by atoms with Crippen LogP contribution < -0.4 is 10.1 Å². The molecule has 0 aliphatic heterocycles. The summed E-state index contributed by atoms with van der Waals surface area (Å²) >= 11 is 3.37. The van der Waals surface area contributed by atoms with Gasteiger partial charge in [0.25, 0.3) is 5.91 Å². The van der Waals surface area contributed by atoms with E-state index in [-0.39, 0.29) is 18.0 Å². The number of carbonyl (C=O) groups excluding carboxylic acids is 1. The Bertz CT molecular complexity index is 858. The van der Waals surface area contributed by atoms with Crippen LogP contribution in [0.15, 0.2) is 57.4 Å². The molecule has 1 aromatic heterocycles. The maximum Gasteiger partial charge on any atom is 0.322 e. The molecule has 7 heteroatoms. The van der Waals surface area contributed by atoms with Gasteiger partial charge in [-0.2, -0.15) is 0 Å². The summed E-state index contributed by atoms with van der Waals surface area (Å²) in [6, 6.07) is 14.3. The van der Waals surface area contributed by atoms with Crippen LogP contribution in [0.2, 0.25) is 0 Å². The molecule has 0 saturated carbocycles. The van der Waals surface area contributed by atoms with Gasteiger partial charge in [-0.05, 0) is 62.4 Å². The van der Waals surface area contributed by atoms with Crippen LogP contribution in [-0.4, -0.2) is 22.2 Å². The van der Waals surface area contributed by atoms with Crippen LogP contribution in [0.25, 0.3) is 11.5 Å². The number of aromatic nitrogens is 2. The minimum atomic E-state index is -0.331. The third-order valence-electron chi connectivity index (χ3n) is 3.22. The van der Waals surface area contributed by atoms with Crippen LogP contribution in [0.1, 0.15) is 24.2 Å². The molecule has 6 nitrogen and oxygen atoms in total. The second-order valence-electron chi connectivity index (χ2n) is 5.56. The molecule has 0 spiro atoms. The molecule has 2 aromatic carbocycles. The smallest absolute Gasteiger partial charge is 0.322 e. The lowest BCUT2D eigenvalue weighted by molar-refractivity contribution is 0.102. The van der Waals surface area contributed by atoms with Crippen molar-refractivity contribution in [1.29, 1.82) is 0 Å². The molecule has 0 atom stereocenters. The van der Waals surface area contributed by atoms with Crippen LogP contribution in [0.4, 0.5) is 6.01 Å². The monoisotopic (exact) mass is 401 g/mol. The topological polar surface area (TPSA) is 77.2 Å². The normalized spacial score (nSPS) is 10.7. The van der Waals surface area contributed by atoms with E-state index < -0.39 is 0 Å². The Balaban J connectivity index is 1.68. The molecular weight excluding hydrogens is 386 g/mol. The summed E-state index contributed by atoms with van der Waals surface area (Å²) in [4.78, 5) is 12.3. The van der Waals surface area contributed by atoms with Gasteiger partial charge in [-0.1, -0.05) is 21.0 Å². The molecule has 3 rings (SSSR count). The van der Waals surface area contributed by atoms with Crippen molar-refractivity contribution in [2.45, 2.75) is 20.0 Å². The van der Waals surface area contributed by atoms with Crippen LogP contribution in [-0.2, 0) is 0 Å². The second-order valence-corrected chi connectivity index (χ2v) is 6.48. The fourth-order valence-electron chi connectivity index (χ4n) is 2.11. The third kappa shape index (κ3) is 4.45. The molecular formula is C18H16BrN3O3. The molecule has 0 aliphatic rings.